The lowest BCUT2D eigenvalue weighted by Crippen LogP contribution is -2.18. The maximum atomic E-state index is 12.9. The Labute approximate surface area is 181 Å². The van der Waals surface area contributed by atoms with E-state index in [9.17, 15) is 9.59 Å². The summed E-state index contributed by atoms with van der Waals surface area (Å²) in [5.74, 6) is -0.626. The summed E-state index contributed by atoms with van der Waals surface area (Å²) in [6, 6.07) is 23.2. The fraction of sp³-hybridized carbons (Fsp3) is 0. The Kier molecular flexibility index (Phi) is 5.72. The van der Waals surface area contributed by atoms with Gasteiger partial charge in [0.15, 0.2) is 0 Å². The highest BCUT2D eigenvalue weighted by Crippen LogP contribution is 2.22. The van der Waals surface area contributed by atoms with E-state index in [1.54, 1.807) is 59.4 Å². The van der Waals surface area contributed by atoms with Crippen LogP contribution in [0.25, 0.3) is 5.69 Å². The average Bonchev–Trinajstić information content (AvgIpc) is 3.29. The van der Waals surface area contributed by atoms with E-state index in [0.29, 0.717) is 27.0 Å². The molecule has 0 saturated heterocycles. The maximum absolute atomic E-state index is 12.9. The van der Waals surface area contributed by atoms with Gasteiger partial charge in [0.1, 0.15) is 0 Å². The Morgan fingerprint density at radius 3 is 2.30 bits per heavy atom. The summed E-state index contributed by atoms with van der Waals surface area (Å²) in [6.07, 6.45) is 3.52. The SMILES string of the molecule is O=C(Nc1ccccc1C(=O)Nc1cccc(-n2cccn2)c1)c1ccccc1Br. The van der Waals surface area contributed by atoms with Crippen molar-refractivity contribution in [2.75, 3.05) is 10.6 Å². The number of rotatable bonds is 5. The topological polar surface area (TPSA) is 76.0 Å². The third-order valence-electron chi connectivity index (χ3n) is 4.41. The quantitative estimate of drug-likeness (QED) is 0.432. The summed E-state index contributed by atoms with van der Waals surface area (Å²) >= 11 is 3.38. The predicted molar refractivity (Wildman–Crippen MR) is 120 cm³/mol. The molecule has 1 heterocycles. The molecule has 6 nitrogen and oxygen atoms in total. The zero-order chi connectivity index (χ0) is 20.9. The molecule has 0 saturated carbocycles. The summed E-state index contributed by atoms with van der Waals surface area (Å²) < 4.78 is 2.39. The van der Waals surface area contributed by atoms with Gasteiger partial charge in [-0.1, -0.05) is 30.3 Å². The first kappa shape index (κ1) is 19.6. The van der Waals surface area contributed by atoms with Crippen LogP contribution >= 0.6 is 15.9 Å². The molecule has 148 valence electrons. The molecule has 0 bridgehead atoms. The van der Waals surface area contributed by atoms with E-state index in [4.69, 9.17) is 0 Å². The summed E-state index contributed by atoms with van der Waals surface area (Å²) in [7, 11) is 0. The molecular weight excluding hydrogens is 444 g/mol. The van der Waals surface area contributed by atoms with Gasteiger partial charge < -0.3 is 10.6 Å². The first-order valence-corrected chi connectivity index (χ1v) is 9.97. The van der Waals surface area contributed by atoms with Crippen LogP contribution in [-0.2, 0) is 0 Å². The lowest BCUT2D eigenvalue weighted by Gasteiger charge is -2.13. The number of aromatic nitrogens is 2. The number of nitrogens with one attached hydrogen (secondary N) is 2. The van der Waals surface area contributed by atoms with E-state index in [-0.39, 0.29) is 11.8 Å². The average molecular weight is 461 g/mol. The molecule has 30 heavy (non-hydrogen) atoms. The molecule has 0 atom stereocenters. The van der Waals surface area contributed by atoms with Gasteiger partial charge in [-0.15, -0.1) is 0 Å². The first-order valence-electron chi connectivity index (χ1n) is 9.18. The normalized spacial score (nSPS) is 10.4. The van der Waals surface area contributed by atoms with Gasteiger partial charge in [0, 0.05) is 22.6 Å². The van der Waals surface area contributed by atoms with Crippen LogP contribution in [0.1, 0.15) is 20.7 Å². The van der Waals surface area contributed by atoms with E-state index >= 15 is 0 Å². The monoisotopic (exact) mass is 460 g/mol. The van der Waals surface area contributed by atoms with Crippen molar-refractivity contribution >= 4 is 39.1 Å². The van der Waals surface area contributed by atoms with Gasteiger partial charge in [-0.3, -0.25) is 9.59 Å². The van der Waals surface area contributed by atoms with Crippen molar-refractivity contribution in [2.24, 2.45) is 0 Å². The number of nitrogens with zero attached hydrogens (tertiary/aromatic N) is 2. The van der Waals surface area contributed by atoms with Gasteiger partial charge in [0.2, 0.25) is 0 Å². The van der Waals surface area contributed by atoms with E-state index in [1.165, 1.54) is 0 Å². The van der Waals surface area contributed by atoms with Crippen molar-refractivity contribution in [1.82, 2.24) is 9.78 Å². The molecule has 2 amide bonds. The molecule has 0 unspecified atom stereocenters. The number of amides is 2. The lowest BCUT2D eigenvalue weighted by atomic mass is 10.1. The number of anilines is 2. The number of halogens is 1. The fourth-order valence-electron chi connectivity index (χ4n) is 2.97. The molecule has 4 aromatic rings. The van der Waals surface area contributed by atoms with Gasteiger partial charge in [-0.05, 0) is 64.5 Å². The second kappa shape index (κ2) is 8.75. The number of hydrogen-bond donors (Lipinski definition) is 2. The van der Waals surface area contributed by atoms with Crippen LogP contribution in [0.4, 0.5) is 11.4 Å². The van der Waals surface area contributed by atoms with Crippen LogP contribution in [0.15, 0.2) is 95.7 Å². The minimum atomic E-state index is -0.323. The van der Waals surface area contributed by atoms with E-state index < -0.39 is 0 Å². The van der Waals surface area contributed by atoms with Crippen molar-refractivity contribution in [3.8, 4) is 5.69 Å². The van der Waals surface area contributed by atoms with Crippen LogP contribution in [0.3, 0.4) is 0 Å². The molecule has 0 aliphatic heterocycles. The fourth-order valence-corrected chi connectivity index (χ4v) is 3.44. The second-order valence-corrected chi connectivity index (χ2v) is 7.29. The summed E-state index contributed by atoms with van der Waals surface area (Å²) in [5.41, 5.74) is 2.73. The number of carbonyl (C=O) groups is 2. The van der Waals surface area contributed by atoms with Gasteiger partial charge in [0.25, 0.3) is 11.8 Å². The Bertz CT molecular complexity index is 1210. The molecule has 3 aromatic carbocycles. The summed E-state index contributed by atoms with van der Waals surface area (Å²) in [4.78, 5) is 25.6. The van der Waals surface area contributed by atoms with Gasteiger partial charge in [-0.25, -0.2) is 4.68 Å². The van der Waals surface area contributed by atoms with E-state index in [2.05, 4.69) is 31.7 Å². The van der Waals surface area contributed by atoms with Crippen LogP contribution in [0.2, 0.25) is 0 Å². The summed E-state index contributed by atoms with van der Waals surface area (Å²) in [6.45, 7) is 0. The highest BCUT2D eigenvalue weighted by Gasteiger charge is 2.16. The van der Waals surface area contributed by atoms with Gasteiger partial charge in [0.05, 0.1) is 22.5 Å². The van der Waals surface area contributed by atoms with Crippen LogP contribution in [0.5, 0.6) is 0 Å². The van der Waals surface area contributed by atoms with Gasteiger partial charge >= 0.3 is 0 Å². The highest BCUT2D eigenvalue weighted by atomic mass is 79.9. The molecule has 0 spiro atoms. The van der Waals surface area contributed by atoms with Crippen molar-refractivity contribution in [2.45, 2.75) is 0 Å². The number of para-hydroxylation sites is 1. The van der Waals surface area contributed by atoms with Crippen molar-refractivity contribution < 1.29 is 9.59 Å². The molecule has 0 aliphatic carbocycles. The zero-order valence-corrected chi connectivity index (χ0v) is 17.3. The number of carbonyl (C=O) groups excluding carboxylic acids is 2. The molecule has 7 heteroatoms. The molecule has 0 fully saturated rings. The van der Waals surface area contributed by atoms with Gasteiger partial charge in [-0.2, -0.15) is 5.10 Å². The second-order valence-electron chi connectivity index (χ2n) is 6.43. The van der Waals surface area contributed by atoms with Crippen LogP contribution in [0, 0.1) is 0 Å². The Balaban J connectivity index is 1.55. The third kappa shape index (κ3) is 4.31. The van der Waals surface area contributed by atoms with E-state index in [0.717, 1.165) is 5.69 Å². The minimum absolute atomic E-state index is 0.302. The molecule has 0 aliphatic rings. The highest BCUT2D eigenvalue weighted by molar-refractivity contribution is 9.10. The van der Waals surface area contributed by atoms with Crippen molar-refractivity contribution in [1.29, 1.82) is 0 Å². The lowest BCUT2D eigenvalue weighted by molar-refractivity contribution is 0.102. The van der Waals surface area contributed by atoms with E-state index in [1.807, 2.05) is 36.5 Å². The molecular formula is C23H17BrN4O2. The van der Waals surface area contributed by atoms with Crippen LogP contribution in [-0.4, -0.2) is 21.6 Å². The zero-order valence-electron chi connectivity index (χ0n) is 15.7. The molecule has 1 aromatic heterocycles. The molecule has 4 rings (SSSR count). The number of benzene rings is 3. The Morgan fingerprint density at radius 1 is 0.800 bits per heavy atom. The molecule has 2 N–H and O–H groups in total. The summed E-state index contributed by atoms with van der Waals surface area (Å²) in [5, 5.41) is 9.91. The van der Waals surface area contributed by atoms with Crippen LogP contribution < -0.4 is 10.6 Å². The number of hydrogen-bond acceptors (Lipinski definition) is 3. The predicted octanol–water partition coefficient (Wildman–Crippen LogP) is 5.14. The maximum Gasteiger partial charge on any atom is 0.257 e. The minimum Gasteiger partial charge on any atom is -0.322 e. The molecule has 0 radical (unpaired) electrons. The third-order valence-corrected chi connectivity index (χ3v) is 5.10. The largest absolute Gasteiger partial charge is 0.322 e. The standard InChI is InChI=1S/C23H17BrN4O2/c24-20-11-3-1-9-18(20)22(29)27-21-12-4-2-10-19(21)23(30)26-16-7-5-8-17(15-16)28-14-6-13-25-28/h1-15H,(H,26,30)(H,27,29). The van der Waals surface area contributed by atoms with Crippen molar-refractivity contribution in [3.05, 3.63) is 107 Å². The van der Waals surface area contributed by atoms with Crippen molar-refractivity contribution in [3.63, 3.8) is 0 Å². The smallest absolute Gasteiger partial charge is 0.257 e. The first-order chi connectivity index (χ1) is 14.6. The Morgan fingerprint density at radius 2 is 1.53 bits per heavy atom. The Hall–Kier alpha value is -3.71.